The van der Waals surface area contributed by atoms with Gasteiger partial charge in [0, 0.05) is 54.8 Å². The molecule has 3 aromatic heterocycles. The van der Waals surface area contributed by atoms with Crippen molar-refractivity contribution >= 4 is 65.4 Å². The highest BCUT2D eigenvalue weighted by atomic mass is 15.0. The standard InChI is InChI=1S/C50H29N5/c51-30-32-24-25-34(28-42(32)39-16-4-10-23-48(39)55-47-22-9-3-15-38(47)41-18-11-12-33(31-52)50(41)55)54-46-21-8-5-17-40(46)43-29-35(26-27-49(43)54)53-44-19-6-1-13-36(44)37-14-2-7-20-45(37)53/h1-29H. The molecule has 5 heteroatoms. The summed E-state index contributed by atoms with van der Waals surface area (Å²) in [6, 6.07) is 65.9. The maximum atomic E-state index is 10.6. The number of nitrogens with zero attached hydrogens (tertiary/aromatic N) is 5. The summed E-state index contributed by atoms with van der Waals surface area (Å²) in [5, 5.41) is 27.7. The van der Waals surface area contributed by atoms with Crippen molar-refractivity contribution in [2.45, 2.75) is 0 Å². The molecule has 0 saturated heterocycles. The zero-order valence-corrected chi connectivity index (χ0v) is 29.5. The van der Waals surface area contributed by atoms with Gasteiger partial charge in [-0.3, -0.25) is 0 Å². The second-order valence-electron chi connectivity index (χ2n) is 13.9. The van der Waals surface area contributed by atoms with E-state index in [2.05, 4.69) is 153 Å². The fraction of sp³-hybridized carbons (Fsp3) is 0. The fourth-order valence-corrected chi connectivity index (χ4v) is 8.83. The maximum Gasteiger partial charge on any atom is 0.101 e. The Hall–Kier alpha value is -7.86. The first kappa shape index (κ1) is 30.7. The molecule has 0 bridgehead atoms. The van der Waals surface area contributed by atoms with Gasteiger partial charge in [0.25, 0.3) is 0 Å². The van der Waals surface area contributed by atoms with Gasteiger partial charge in [0.05, 0.1) is 56.0 Å². The molecular formula is C50H29N5. The molecule has 0 aliphatic rings. The molecule has 0 saturated carbocycles. The normalized spacial score (nSPS) is 11.6. The van der Waals surface area contributed by atoms with Gasteiger partial charge >= 0.3 is 0 Å². The Labute approximate surface area is 316 Å². The molecule has 0 aliphatic heterocycles. The van der Waals surface area contributed by atoms with Gasteiger partial charge in [-0.2, -0.15) is 10.5 Å². The lowest BCUT2D eigenvalue weighted by molar-refractivity contribution is 1.16. The van der Waals surface area contributed by atoms with Crippen molar-refractivity contribution in [1.29, 1.82) is 10.5 Å². The first-order chi connectivity index (χ1) is 27.2. The highest BCUT2D eigenvalue weighted by Gasteiger charge is 2.21. The SMILES string of the molecule is N#Cc1ccc(-n2c3ccccc3c3cc(-n4c5ccccc5c5ccccc54)ccc32)cc1-c1ccccc1-n1c2ccccc2c2cccc(C#N)c21. The van der Waals surface area contributed by atoms with Crippen molar-refractivity contribution in [2.24, 2.45) is 0 Å². The minimum atomic E-state index is 0.576. The van der Waals surface area contributed by atoms with Crippen LogP contribution in [-0.2, 0) is 0 Å². The number of hydrogen-bond donors (Lipinski definition) is 0. The van der Waals surface area contributed by atoms with Crippen LogP contribution in [-0.4, -0.2) is 13.7 Å². The summed E-state index contributed by atoms with van der Waals surface area (Å²) in [4.78, 5) is 0. The predicted octanol–water partition coefficient (Wildman–Crippen LogP) is 12.4. The zero-order valence-electron chi connectivity index (χ0n) is 29.5. The first-order valence-corrected chi connectivity index (χ1v) is 18.3. The number of fused-ring (bicyclic) bond motifs is 9. The van der Waals surface area contributed by atoms with E-state index in [0.717, 1.165) is 71.8 Å². The summed E-state index contributed by atoms with van der Waals surface area (Å²) < 4.78 is 6.85. The molecule has 8 aromatic carbocycles. The summed E-state index contributed by atoms with van der Waals surface area (Å²) in [6.45, 7) is 0. The largest absolute Gasteiger partial charge is 0.309 e. The number of aromatic nitrogens is 3. The van der Waals surface area contributed by atoms with E-state index >= 15 is 0 Å². The van der Waals surface area contributed by atoms with Gasteiger partial charge in [-0.1, -0.05) is 103 Å². The number of rotatable bonds is 4. The Kier molecular flexibility index (Phi) is 6.61. The van der Waals surface area contributed by atoms with Crippen molar-refractivity contribution in [3.63, 3.8) is 0 Å². The second-order valence-corrected chi connectivity index (χ2v) is 13.9. The lowest BCUT2D eigenvalue weighted by atomic mass is 9.97. The van der Waals surface area contributed by atoms with E-state index in [-0.39, 0.29) is 0 Å². The summed E-state index contributed by atoms with van der Waals surface area (Å²) in [6.07, 6.45) is 0. The molecule has 0 N–H and O–H groups in total. The summed E-state index contributed by atoms with van der Waals surface area (Å²) in [5.41, 5.74) is 12.2. The van der Waals surface area contributed by atoms with Crippen molar-refractivity contribution in [2.75, 3.05) is 0 Å². The number of para-hydroxylation sites is 6. The second kappa shape index (κ2) is 11.8. The molecule has 254 valence electrons. The van der Waals surface area contributed by atoms with Gasteiger partial charge in [0.2, 0.25) is 0 Å². The van der Waals surface area contributed by atoms with Gasteiger partial charge in [0.1, 0.15) is 6.07 Å². The molecule has 0 amide bonds. The molecular weight excluding hydrogens is 671 g/mol. The summed E-state index contributed by atoms with van der Waals surface area (Å²) in [7, 11) is 0. The third-order valence-corrected chi connectivity index (χ3v) is 11.1. The minimum Gasteiger partial charge on any atom is -0.309 e. The molecule has 0 aliphatic carbocycles. The first-order valence-electron chi connectivity index (χ1n) is 18.3. The molecule has 0 atom stereocenters. The quantitative estimate of drug-likeness (QED) is 0.184. The van der Waals surface area contributed by atoms with Gasteiger partial charge in [-0.25, -0.2) is 0 Å². The molecule has 0 fully saturated rings. The van der Waals surface area contributed by atoms with Crippen molar-refractivity contribution in [1.82, 2.24) is 13.7 Å². The van der Waals surface area contributed by atoms with Gasteiger partial charge in [-0.15, -0.1) is 0 Å². The molecule has 5 nitrogen and oxygen atoms in total. The smallest absolute Gasteiger partial charge is 0.101 e. The van der Waals surface area contributed by atoms with Crippen LogP contribution in [0, 0.1) is 22.7 Å². The van der Waals surface area contributed by atoms with E-state index in [1.54, 1.807) is 0 Å². The van der Waals surface area contributed by atoms with Crippen molar-refractivity contribution < 1.29 is 0 Å². The molecule has 0 unspecified atom stereocenters. The van der Waals surface area contributed by atoms with Crippen LogP contribution in [0.5, 0.6) is 0 Å². The average molecular weight is 700 g/mol. The predicted molar refractivity (Wildman–Crippen MR) is 224 cm³/mol. The van der Waals surface area contributed by atoms with Crippen LogP contribution in [0.1, 0.15) is 11.1 Å². The van der Waals surface area contributed by atoms with E-state index in [1.807, 2.05) is 48.5 Å². The Balaban J connectivity index is 1.15. The van der Waals surface area contributed by atoms with E-state index in [9.17, 15) is 10.5 Å². The number of benzene rings is 8. The van der Waals surface area contributed by atoms with Crippen molar-refractivity contribution in [3.05, 3.63) is 187 Å². The van der Waals surface area contributed by atoms with Crippen LogP contribution in [0.4, 0.5) is 0 Å². The molecule has 55 heavy (non-hydrogen) atoms. The van der Waals surface area contributed by atoms with Crippen LogP contribution in [0.25, 0.3) is 93.6 Å². The van der Waals surface area contributed by atoms with Crippen molar-refractivity contribution in [3.8, 4) is 40.3 Å². The Bertz CT molecular complexity index is 3420. The molecule has 0 radical (unpaired) electrons. The molecule has 0 spiro atoms. The highest BCUT2D eigenvalue weighted by molar-refractivity contribution is 6.13. The van der Waals surface area contributed by atoms with Crippen LogP contribution in [0.2, 0.25) is 0 Å². The average Bonchev–Trinajstić information content (AvgIpc) is 3.89. The molecule has 11 aromatic rings. The Morgan fingerprint density at radius 3 is 1.44 bits per heavy atom. The van der Waals surface area contributed by atoms with E-state index < -0.39 is 0 Å². The fourth-order valence-electron chi connectivity index (χ4n) is 8.83. The van der Waals surface area contributed by atoms with E-state index in [4.69, 9.17) is 0 Å². The maximum absolute atomic E-state index is 10.6. The Morgan fingerprint density at radius 2 is 0.800 bits per heavy atom. The van der Waals surface area contributed by atoms with Crippen LogP contribution >= 0.6 is 0 Å². The van der Waals surface area contributed by atoms with E-state index in [1.165, 1.54) is 21.8 Å². The minimum absolute atomic E-state index is 0.576. The lowest BCUT2D eigenvalue weighted by Crippen LogP contribution is -2.01. The van der Waals surface area contributed by atoms with Gasteiger partial charge in [0.15, 0.2) is 0 Å². The van der Waals surface area contributed by atoms with Crippen LogP contribution < -0.4 is 0 Å². The lowest BCUT2D eigenvalue weighted by Gasteiger charge is -2.17. The Morgan fingerprint density at radius 1 is 0.327 bits per heavy atom. The third-order valence-electron chi connectivity index (χ3n) is 11.1. The number of hydrogen-bond acceptors (Lipinski definition) is 2. The monoisotopic (exact) mass is 699 g/mol. The van der Waals surface area contributed by atoms with Crippen LogP contribution in [0.3, 0.4) is 0 Å². The molecule has 11 rings (SSSR count). The molecule has 3 heterocycles. The van der Waals surface area contributed by atoms with Crippen LogP contribution in [0.15, 0.2) is 176 Å². The topological polar surface area (TPSA) is 62.4 Å². The van der Waals surface area contributed by atoms with Gasteiger partial charge in [-0.05, 0) is 72.8 Å². The highest BCUT2D eigenvalue weighted by Crippen LogP contribution is 2.41. The van der Waals surface area contributed by atoms with E-state index in [0.29, 0.717) is 11.1 Å². The number of nitriles is 2. The van der Waals surface area contributed by atoms with Gasteiger partial charge < -0.3 is 13.7 Å². The summed E-state index contributed by atoms with van der Waals surface area (Å²) in [5.74, 6) is 0. The zero-order chi connectivity index (χ0) is 36.6. The third kappa shape index (κ3) is 4.39. The summed E-state index contributed by atoms with van der Waals surface area (Å²) >= 11 is 0.